The zero-order valence-corrected chi connectivity index (χ0v) is 9.77. The van der Waals surface area contributed by atoms with Crippen molar-refractivity contribution in [2.24, 2.45) is 0 Å². The highest BCUT2D eigenvalue weighted by atomic mass is 16.5. The molecular weight excluding hydrogens is 218 g/mol. The predicted octanol–water partition coefficient (Wildman–Crippen LogP) is 2.61. The van der Waals surface area contributed by atoms with Crippen LogP contribution in [0.1, 0.15) is 28.6 Å². The van der Waals surface area contributed by atoms with Gasteiger partial charge in [0.05, 0.1) is 18.4 Å². The summed E-state index contributed by atoms with van der Waals surface area (Å²) < 4.78 is 10.2. The number of hydrogen-bond donors (Lipinski definition) is 0. The summed E-state index contributed by atoms with van der Waals surface area (Å²) in [6.07, 6.45) is 1.44. The highest BCUT2D eigenvalue weighted by molar-refractivity contribution is 6.09. The van der Waals surface area contributed by atoms with Crippen molar-refractivity contribution >= 4 is 5.78 Å². The zero-order chi connectivity index (χ0) is 12.3. The summed E-state index contributed by atoms with van der Waals surface area (Å²) in [5.41, 5.74) is 1.06. The van der Waals surface area contributed by atoms with E-state index in [0.29, 0.717) is 29.2 Å². The summed E-state index contributed by atoms with van der Waals surface area (Å²) in [7, 11) is 0. The molecule has 0 saturated heterocycles. The third kappa shape index (κ3) is 2.36. The van der Waals surface area contributed by atoms with Crippen LogP contribution in [0, 0.1) is 6.92 Å². The van der Waals surface area contributed by atoms with Gasteiger partial charge in [0.2, 0.25) is 0 Å². The van der Waals surface area contributed by atoms with E-state index in [1.807, 2.05) is 13.0 Å². The fourth-order valence-corrected chi connectivity index (χ4v) is 1.57. The molecule has 1 aromatic heterocycles. The smallest absolute Gasteiger partial charge is 0.198 e. The quantitative estimate of drug-likeness (QED) is 0.759. The largest absolute Gasteiger partial charge is 0.494 e. The van der Waals surface area contributed by atoms with Gasteiger partial charge >= 0.3 is 0 Å². The molecule has 1 heterocycles. The molecule has 0 fully saturated rings. The lowest BCUT2D eigenvalue weighted by atomic mass is 10.0. The van der Waals surface area contributed by atoms with Crippen LogP contribution in [0.25, 0.3) is 0 Å². The molecule has 0 aliphatic carbocycles. The van der Waals surface area contributed by atoms with Gasteiger partial charge in [0.1, 0.15) is 11.5 Å². The fraction of sp³-hybridized carbons (Fsp3) is 0.231. The summed E-state index contributed by atoms with van der Waals surface area (Å²) in [5, 5.41) is 3.60. The van der Waals surface area contributed by atoms with Gasteiger partial charge in [-0.2, -0.15) is 0 Å². The highest BCUT2D eigenvalue weighted by Crippen LogP contribution is 2.18. The van der Waals surface area contributed by atoms with Crippen molar-refractivity contribution in [1.82, 2.24) is 5.16 Å². The maximum absolute atomic E-state index is 12.1. The molecule has 17 heavy (non-hydrogen) atoms. The minimum atomic E-state index is -0.106. The van der Waals surface area contributed by atoms with Crippen LogP contribution in [0.15, 0.2) is 35.0 Å². The number of aryl methyl sites for hydroxylation is 1. The van der Waals surface area contributed by atoms with E-state index in [4.69, 9.17) is 9.26 Å². The molecule has 0 amide bonds. The van der Waals surface area contributed by atoms with Gasteiger partial charge in [-0.1, -0.05) is 17.3 Å². The SMILES string of the molecule is CCOc1cccc(C(=O)c2cnoc2C)c1. The molecular formula is C13H13NO3. The van der Waals surface area contributed by atoms with Crippen molar-refractivity contribution in [3.05, 3.63) is 47.3 Å². The normalized spacial score (nSPS) is 10.2. The number of ketones is 1. The fourth-order valence-electron chi connectivity index (χ4n) is 1.57. The van der Waals surface area contributed by atoms with Crippen LogP contribution in [-0.4, -0.2) is 17.5 Å². The number of carbonyl (C=O) groups excluding carboxylic acids is 1. The van der Waals surface area contributed by atoms with Crippen molar-refractivity contribution < 1.29 is 14.1 Å². The first-order chi connectivity index (χ1) is 8.22. The van der Waals surface area contributed by atoms with Gasteiger partial charge in [0.25, 0.3) is 0 Å². The molecule has 0 atom stereocenters. The minimum Gasteiger partial charge on any atom is -0.494 e. The zero-order valence-electron chi connectivity index (χ0n) is 9.77. The maximum atomic E-state index is 12.1. The monoisotopic (exact) mass is 231 g/mol. The Morgan fingerprint density at radius 2 is 2.29 bits per heavy atom. The van der Waals surface area contributed by atoms with E-state index in [-0.39, 0.29) is 5.78 Å². The maximum Gasteiger partial charge on any atom is 0.198 e. The summed E-state index contributed by atoms with van der Waals surface area (Å²) in [6, 6.07) is 7.08. The standard InChI is InChI=1S/C13H13NO3/c1-3-16-11-6-4-5-10(7-11)13(15)12-8-14-17-9(12)2/h4-8H,3H2,1-2H3. The number of carbonyl (C=O) groups is 1. The minimum absolute atomic E-state index is 0.106. The molecule has 2 aromatic rings. The lowest BCUT2D eigenvalue weighted by Gasteiger charge is -2.04. The lowest BCUT2D eigenvalue weighted by molar-refractivity contribution is 0.103. The average Bonchev–Trinajstić information content (AvgIpc) is 2.75. The molecule has 0 aliphatic rings. The van der Waals surface area contributed by atoms with Crippen molar-refractivity contribution in [3.63, 3.8) is 0 Å². The molecule has 0 unspecified atom stereocenters. The molecule has 0 N–H and O–H groups in total. The molecule has 88 valence electrons. The molecule has 2 rings (SSSR count). The van der Waals surface area contributed by atoms with E-state index in [1.54, 1.807) is 25.1 Å². The Bertz CT molecular complexity index is 531. The van der Waals surface area contributed by atoms with Crippen LogP contribution in [0.2, 0.25) is 0 Å². The summed E-state index contributed by atoms with van der Waals surface area (Å²) in [4.78, 5) is 12.1. The van der Waals surface area contributed by atoms with Crippen LogP contribution in [0.5, 0.6) is 5.75 Å². The second-order valence-corrected chi connectivity index (χ2v) is 3.59. The predicted molar refractivity (Wildman–Crippen MR) is 62.3 cm³/mol. The molecule has 1 aromatic carbocycles. The van der Waals surface area contributed by atoms with Crippen LogP contribution in [0.3, 0.4) is 0 Å². The van der Waals surface area contributed by atoms with Crippen molar-refractivity contribution in [2.75, 3.05) is 6.61 Å². The van der Waals surface area contributed by atoms with E-state index in [9.17, 15) is 4.79 Å². The van der Waals surface area contributed by atoms with Gasteiger partial charge in [0.15, 0.2) is 5.78 Å². The van der Waals surface area contributed by atoms with Gasteiger partial charge < -0.3 is 9.26 Å². The van der Waals surface area contributed by atoms with E-state index < -0.39 is 0 Å². The van der Waals surface area contributed by atoms with Crippen molar-refractivity contribution in [3.8, 4) is 5.75 Å². The first-order valence-electron chi connectivity index (χ1n) is 5.41. The molecule has 0 saturated carbocycles. The molecule has 4 heteroatoms. The van der Waals surface area contributed by atoms with Crippen LogP contribution in [0.4, 0.5) is 0 Å². The lowest BCUT2D eigenvalue weighted by Crippen LogP contribution is -2.02. The van der Waals surface area contributed by atoms with Crippen LogP contribution in [-0.2, 0) is 0 Å². The molecule has 0 radical (unpaired) electrons. The van der Waals surface area contributed by atoms with Gasteiger partial charge in [-0.15, -0.1) is 0 Å². The van der Waals surface area contributed by atoms with E-state index in [2.05, 4.69) is 5.16 Å². The van der Waals surface area contributed by atoms with Gasteiger partial charge in [-0.25, -0.2) is 0 Å². The number of aromatic nitrogens is 1. The van der Waals surface area contributed by atoms with Gasteiger partial charge in [0, 0.05) is 5.56 Å². The second kappa shape index (κ2) is 4.82. The first-order valence-corrected chi connectivity index (χ1v) is 5.41. The van der Waals surface area contributed by atoms with Crippen molar-refractivity contribution in [2.45, 2.75) is 13.8 Å². The number of rotatable bonds is 4. The molecule has 0 spiro atoms. The Morgan fingerprint density at radius 3 is 2.94 bits per heavy atom. The number of benzene rings is 1. The van der Waals surface area contributed by atoms with Crippen LogP contribution >= 0.6 is 0 Å². The Kier molecular flexibility index (Phi) is 3.23. The second-order valence-electron chi connectivity index (χ2n) is 3.59. The van der Waals surface area contributed by atoms with E-state index in [0.717, 1.165) is 0 Å². The number of nitrogens with zero attached hydrogens (tertiary/aromatic N) is 1. The third-order valence-electron chi connectivity index (χ3n) is 2.40. The Hall–Kier alpha value is -2.10. The third-order valence-corrected chi connectivity index (χ3v) is 2.40. The van der Waals surface area contributed by atoms with Crippen molar-refractivity contribution in [1.29, 1.82) is 0 Å². The van der Waals surface area contributed by atoms with E-state index in [1.165, 1.54) is 6.20 Å². The molecule has 4 nitrogen and oxygen atoms in total. The first kappa shape index (κ1) is 11.4. The average molecular weight is 231 g/mol. The summed E-state index contributed by atoms with van der Waals surface area (Å²) >= 11 is 0. The van der Waals surface area contributed by atoms with Crippen LogP contribution < -0.4 is 4.74 Å². The van der Waals surface area contributed by atoms with E-state index >= 15 is 0 Å². The van der Waals surface area contributed by atoms with Gasteiger partial charge in [-0.3, -0.25) is 4.79 Å². The topological polar surface area (TPSA) is 52.3 Å². The summed E-state index contributed by atoms with van der Waals surface area (Å²) in [6.45, 7) is 4.19. The Balaban J connectivity index is 2.31. The Labute approximate surface area is 99.2 Å². The number of hydrogen-bond acceptors (Lipinski definition) is 4. The Morgan fingerprint density at radius 1 is 1.47 bits per heavy atom. The van der Waals surface area contributed by atoms with Gasteiger partial charge in [-0.05, 0) is 26.0 Å². The highest BCUT2D eigenvalue weighted by Gasteiger charge is 2.15. The number of ether oxygens (including phenoxy) is 1. The molecule has 0 bridgehead atoms. The molecule has 0 aliphatic heterocycles. The summed E-state index contributed by atoms with van der Waals surface area (Å²) in [5.74, 6) is 1.11.